The number of fused-ring (bicyclic) bond motifs is 2. The molecule has 9 atom stereocenters. The second-order valence-corrected chi connectivity index (χ2v) is 16.0. The summed E-state index contributed by atoms with van der Waals surface area (Å²) >= 11 is 11.9. The van der Waals surface area contributed by atoms with Crippen LogP contribution in [-0.4, -0.2) is 123 Å². The van der Waals surface area contributed by atoms with Gasteiger partial charge in [0.15, 0.2) is 11.9 Å². The van der Waals surface area contributed by atoms with Gasteiger partial charge in [-0.15, -0.1) is 23.2 Å². The molecule has 2 bridgehead atoms. The number of methoxy groups -OCH3 is 1. The third-order valence-electron chi connectivity index (χ3n) is 12.1. The SMILES string of the molecule is COC(=O)[C@H](Cc1ccc(N(CCCl)CCCl)cc1)NC(=O)CN1CCN(CC[C@H]2O[C@@H]3OC4(C)CCC5[C@H](C)CC[C@@H]([C@H]2C)C53OO4)CC1. The molecule has 1 spiro atoms. The molecule has 1 saturated carbocycles. The molecule has 1 N–H and O–H groups in total. The van der Waals surface area contributed by atoms with E-state index in [1.165, 1.54) is 13.5 Å². The molecule has 1 aromatic carbocycles. The highest BCUT2D eigenvalue weighted by Gasteiger charge is 2.69. The molecule has 5 saturated heterocycles. The summed E-state index contributed by atoms with van der Waals surface area (Å²) in [5.74, 6) is 1.20. The summed E-state index contributed by atoms with van der Waals surface area (Å²) in [6.07, 6.45) is 5.10. The Kier molecular flexibility index (Phi) is 12.6. The Labute approximate surface area is 307 Å². The minimum absolute atomic E-state index is 0.0849. The van der Waals surface area contributed by atoms with E-state index in [9.17, 15) is 9.59 Å². The fraction of sp³-hybridized carbons (Fsp3) is 0.784. The van der Waals surface area contributed by atoms with Crippen molar-refractivity contribution in [3.63, 3.8) is 0 Å². The summed E-state index contributed by atoms with van der Waals surface area (Å²) in [5, 5.41) is 2.93. The zero-order valence-corrected chi connectivity index (χ0v) is 31.6. The number of amides is 1. The number of hydrogen-bond donors (Lipinski definition) is 1. The Morgan fingerprint density at radius 1 is 1.00 bits per heavy atom. The molecule has 0 aromatic heterocycles. The maximum Gasteiger partial charge on any atom is 0.328 e. The number of halogens is 2. The third-order valence-corrected chi connectivity index (χ3v) is 12.5. The summed E-state index contributed by atoms with van der Waals surface area (Å²) in [5.41, 5.74) is 1.41. The molecule has 5 heterocycles. The van der Waals surface area contributed by atoms with Crippen LogP contribution >= 0.6 is 23.2 Å². The molecule has 6 fully saturated rings. The van der Waals surface area contributed by atoms with Gasteiger partial charge in [-0.2, -0.15) is 0 Å². The van der Waals surface area contributed by atoms with Crippen LogP contribution in [0.5, 0.6) is 0 Å². The highest BCUT2D eigenvalue weighted by molar-refractivity contribution is 6.18. The minimum Gasteiger partial charge on any atom is -0.467 e. The van der Waals surface area contributed by atoms with Crippen LogP contribution in [0.3, 0.4) is 0 Å². The van der Waals surface area contributed by atoms with Crippen LogP contribution < -0.4 is 10.2 Å². The molecule has 280 valence electrons. The number of esters is 1. The highest BCUT2D eigenvalue weighted by atomic mass is 35.5. The monoisotopic (exact) mass is 738 g/mol. The largest absolute Gasteiger partial charge is 0.467 e. The predicted molar refractivity (Wildman–Crippen MR) is 192 cm³/mol. The number of nitrogens with zero attached hydrogens (tertiary/aromatic N) is 3. The molecule has 50 heavy (non-hydrogen) atoms. The highest BCUT2D eigenvalue weighted by Crippen LogP contribution is 2.60. The maximum absolute atomic E-state index is 13.1. The van der Waals surface area contributed by atoms with Gasteiger partial charge in [0.1, 0.15) is 6.04 Å². The van der Waals surface area contributed by atoms with Gasteiger partial charge in [-0.3, -0.25) is 9.69 Å². The van der Waals surface area contributed by atoms with Crippen molar-refractivity contribution in [2.24, 2.45) is 23.7 Å². The number of alkyl halides is 2. The molecule has 5 aliphatic heterocycles. The Morgan fingerprint density at radius 2 is 1.70 bits per heavy atom. The number of carbonyl (C=O) groups is 2. The summed E-state index contributed by atoms with van der Waals surface area (Å²) in [6.45, 7) is 12.5. The van der Waals surface area contributed by atoms with Crippen LogP contribution in [-0.2, 0) is 40.0 Å². The van der Waals surface area contributed by atoms with E-state index in [0.717, 1.165) is 69.7 Å². The topological polar surface area (TPSA) is 102 Å². The summed E-state index contributed by atoms with van der Waals surface area (Å²) in [7, 11) is 1.35. The maximum atomic E-state index is 13.1. The Morgan fingerprint density at radius 3 is 2.38 bits per heavy atom. The molecular formula is C37H56Cl2N4O7. The quantitative estimate of drug-likeness (QED) is 0.168. The number of anilines is 1. The Hall–Kier alpha value is -1.70. The first kappa shape index (κ1) is 38.0. The molecular weight excluding hydrogens is 683 g/mol. The van der Waals surface area contributed by atoms with E-state index in [4.69, 9.17) is 47.2 Å². The predicted octanol–water partition coefficient (Wildman–Crippen LogP) is 4.43. The third kappa shape index (κ3) is 8.10. The lowest BCUT2D eigenvalue weighted by atomic mass is 9.57. The van der Waals surface area contributed by atoms with Crippen LogP contribution in [0.25, 0.3) is 0 Å². The van der Waals surface area contributed by atoms with Crippen molar-refractivity contribution in [3.05, 3.63) is 29.8 Å². The first-order valence-electron chi connectivity index (χ1n) is 18.6. The number of nitrogens with one attached hydrogen (secondary N) is 1. The van der Waals surface area contributed by atoms with Gasteiger partial charge >= 0.3 is 5.97 Å². The number of piperazine rings is 1. The van der Waals surface area contributed by atoms with E-state index in [0.29, 0.717) is 54.9 Å². The molecule has 1 aromatic rings. The normalized spacial score (nSPS) is 34.8. The average Bonchev–Trinajstić information content (AvgIpc) is 3.35. The van der Waals surface area contributed by atoms with Crippen LogP contribution in [0, 0.1) is 23.7 Å². The van der Waals surface area contributed by atoms with E-state index in [1.54, 1.807) is 0 Å². The van der Waals surface area contributed by atoms with Crippen LogP contribution in [0.1, 0.15) is 58.4 Å². The standard InChI is InChI=1S/C37H56Cl2N4O7/c1-25-5-10-30-26(2)32(47-35-37(30)29(25)11-13-36(3,48-35)49-50-37)12-16-41-19-21-42(22-20-41)24-33(44)40-31(34(45)46-4)23-27-6-8-28(9-7-27)43(17-14-38)18-15-39/h6-9,25-26,29-32,35H,5,10-24H2,1-4H3,(H,40,44)/t25-,26-,29?,30+,31+,32-,35-,36?,37?/m1/s1. The van der Waals surface area contributed by atoms with Gasteiger partial charge < -0.3 is 29.3 Å². The Balaban J connectivity index is 0.971. The first-order valence-corrected chi connectivity index (χ1v) is 19.6. The van der Waals surface area contributed by atoms with Gasteiger partial charge in [0.25, 0.3) is 0 Å². The van der Waals surface area contributed by atoms with Crippen molar-refractivity contribution in [2.45, 2.75) is 89.1 Å². The number of carbonyl (C=O) groups excluding carboxylic acids is 2. The zero-order chi connectivity index (χ0) is 35.5. The molecule has 11 nitrogen and oxygen atoms in total. The minimum atomic E-state index is -0.770. The van der Waals surface area contributed by atoms with Crippen LogP contribution in [0.2, 0.25) is 0 Å². The van der Waals surface area contributed by atoms with Crippen molar-refractivity contribution in [1.82, 2.24) is 15.1 Å². The second kappa shape index (κ2) is 16.5. The van der Waals surface area contributed by atoms with Gasteiger partial charge in [-0.05, 0) is 68.1 Å². The van der Waals surface area contributed by atoms with Crippen molar-refractivity contribution < 1.29 is 33.6 Å². The van der Waals surface area contributed by atoms with Crippen LogP contribution in [0.15, 0.2) is 24.3 Å². The number of hydrogen-bond acceptors (Lipinski definition) is 10. The van der Waals surface area contributed by atoms with E-state index in [1.807, 2.05) is 31.2 Å². The fourth-order valence-corrected chi connectivity index (χ4v) is 9.63. The smallest absolute Gasteiger partial charge is 0.328 e. The van der Waals surface area contributed by atoms with Gasteiger partial charge in [-0.1, -0.05) is 26.0 Å². The molecule has 13 heteroatoms. The lowest BCUT2D eigenvalue weighted by Gasteiger charge is -2.60. The average molecular weight is 740 g/mol. The van der Waals surface area contributed by atoms with Crippen molar-refractivity contribution >= 4 is 40.8 Å². The molecule has 7 rings (SSSR count). The molecule has 1 aliphatic carbocycles. The number of ether oxygens (including phenoxy) is 3. The van der Waals surface area contributed by atoms with E-state index in [-0.39, 0.29) is 18.6 Å². The van der Waals surface area contributed by atoms with Gasteiger partial charge in [0.2, 0.25) is 11.7 Å². The summed E-state index contributed by atoms with van der Waals surface area (Å²) in [4.78, 5) is 44.8. The van der Waals surface area contributed by atoms with E-state index >= 15 is 0 Å². The lowest BCUT2D eigenvalue weighted by Crippen LogP contribution is -2.70. The van der Waals surface area contributed by atoms with Crippen molar-refractivity contribution in [3.8, 4) is 0 Å². The molecule has 0 radical (unpaired) electrons. The van der Waals surface area contributed by atoms with Gasteiger partial charge in [0.05, 0.1) is 19.8 Å². The fourth-order valence-electron chi connectivity index (χ4n) is 9.22. The molecule has 6 aliphatic rings. The Bertz CT molecular complexity index is 1300. The number of rotatable bonds is 14. The summed E-state index contributed by atoms with van der Waals surface area (Å²) in [6, 6.07) is 7.14. The van der Waals surface area contributed by atoms with Crippen molar-refractivity contribution in [2.75, 3.05) is 76.1 Å². The lowest BCUT2D eigenvalue weighted by molar-refractivity contribution is -0.571. The number of benzene rings is 1. The molecule has 3 unspecified atom stereocenters. The van der Waals surface area contributed by atoms with E-state index < -0.39 is 29.7 Å². The van der Waals surface area contributed by atoms with E-state index in [2.05, 4.69) is 33.9 Å². The first-order chi connectivity index (χ1) is 24.1. The van der Waals surface area contributed by atoms with Crippen LogP contribution in [0.4, 0.5) is 5.69 Å². The molecule has 1 amide bonds. The summed E-state index contributed by atoms with van der Waals surface area (Å²) < 4.78 is 18.4. The van der Waals surface area contributed by atoms with Gasteiger partial charge in [0, 0.05) is 82.0 Å². The zero-order valence-electron chi connectivity index (χ0n) is 30.1. The van der Waals surface area contributed by atoms with Crippen molar-refractivity contribution in [1.29, 1.82) is 0 Å². The van der Waals surface area contributed by atoms with Gasteiger partial charge in [-0.25, -0.2) is 14.6 Å². The second-order valence-electron chi connectivity index (χ2n) is 15.2.